The van der Waals surface area contributed by atoms with Gasteiger partial charge in [0.1, 0.15) is 0 Å². The molecule has 3 heterocycles. The van der Waals surface area contributed by atoms with Crippen LogP contribution in [0.5, 0.6) is 0 Å². The van der Waals surface area contributed by atoms with Crippen LogP contribution in [0.1, 0.15) is 36.6 Å². The van der Waals surface area contributed by atoms with E-state index in [1.54, 1.807) is 23.4 Å². The average molecular weight is 349 g/mol. The van der Waals surface area contributed by atoms with Gasteiger partial charge in [0, 0.05) is 36.7 Å². The van der Waals surface area contributed by atoms with E-state index in [1.165, 1.54) is 0 Å². The van der Waals surface area contributed by atoms with Gasteiger partial charge in [0.15, 0.2) is 0 Å². The second-order valence-corrected chi connectivity index (χ2v) is 6.91. The fraction of sp³-hybridized carbons (Fsp3) is 0.389. The lowest BCUT2D eigenvalue weighted by Crippen LogP contribution is -2.58. The van der Waals surface area contributed by atoms with Gasteiger partial charge < -0.3 is 4.90 Å². The second-order valence-electron chi connectivity index (χ2n) is 6.91. The fourth-order valence-electron chi connectivity index (χ4n) is 3.44. The van der Waals surface area contributed by atoms with E-state index in [0.717, 1.165) is 24.0 Å². The largest absolute Gasteiger partial charge is 0.416 e. The first-order valence-electron chi connectivity index (χ1n) is 7.89. The van der Waals surface area contributed by atoms with Crippen molar-refractivity contribution >= 4 is 5.91 Å². The van der Waals surface area contributed by atoms with Gasteiger partial charge in [-0.05, 0) is 23.3 Å². The zero-order valence-corrected chi connectivity index (χ0v) is 13.9. The highest BCUT2D eigenvalue weighted by atomic mass is 19.4. The minimum absolute atomic E-state index is 0.102. The van der Waals surface area contributed by atoms with Crippen LogP contribution in [0.3, 0.4) is 0 Å². The van der Waals surface area contributed by atoms with Gasteiger partial charge in [0.2, 0.25) is 5.91 Å². The Kier molecular flexibility index (Phi) is 4.26. The molecule has 1 unspecified atom stereocenters. The number of carbonyl (C=O) groups is 1. The van der Waals surface area contributed by atoms with Crippen LogP contribution in [0.2, 0.25) is 0 Å². The predicted molar refractivity (Wildman–Crippen MR) is 85.4 cm³/mol. The Morgan fingerprint density at radius 1 is 1.24 bits per heavy atom. The number of halogens is 3. The number of alkyl halides is 3. The summed E-state index contributed by atoms with van der Waals surface area (Å²) in [6.07, 6.45) is 0.710. The lowest BCUT2D eigenvalue weighted by molar-refractivity contribution is -0.151. The van der Waals surface area contributed by atoms with E-state index in [1.807, 2.05) is 19.9 Å². The number of carbonyl (C=O) groups excluding carboxylic acids is 1. The molecule has 0 aliphatic carbocycles. The molecule has 25 heavy (non-hydrogen) atoms. The number of likely N-dealkylation sites (tertiary alicyclic amines) is 1. The standard InChI is InChI=1S/C18H18F3N3O/c1-17(2)11-24(16(17)12-4-3-6-22-9-12)15(25)8-13-10-23-7-5-14(13)18(19,20)21/h3-7,9-10,16H,8,11H2,1-2H3. The molecule has 7 heteroatoms. The van der Waals surface area contributed by atoms with Gasteiger partial charge in [0.05, 0.1) is 18.0 Å². The average Bonchev–Trinajstić information content (AvgIpc) is 2.53. The third kappa shape index (κ3) is 3.36. The molecule has 132 valence electrons. The Hall–Kier alpha value is -2.44. The summed E-state index contributed by atoms with van der Waals surface area (Å²) in [5.41, 5.74) is -0.182. The van der Waals surface area contributed by atoms with E-state index in [4.69, 9.17) is 0 Å². The van der Waals surface area contributed by atoms with E-state index >= 15 is 0 Å². The first kappa shape index (κ1) is 17.4. The summed E-state index contributed by atoms with van der Waals surface area (Å²) in [6.45, 7) is 4.55. The SMILES string of the molecule is CC1(C)CN(C(=O)Cc2cnccc2C(F)(F)F)C1c1cccnc1. The minimum atomic E-state index is -4.50. The molecule has 2 aromatic rings. The number of aromatic nitrogens is 2. The van der Waals surface area contributed by atoms with Crippen LogP contribution in [0, 0.1) is 5.41 Å². The van der Waals surface area contributed by atoms with Crippen LogP contribution in [0.15, 0.2) is 43.0 Å². The highest BCUT2D eigenvalue weighted by Gasteiger charge is 2.49. The van der Waals surface area contributed by atoms with Gasteiger partial charge >= 0.3 is 6.18 Å². The monoisotopic (exact) mass is 349 g/mol. The zero-order chi connectivity index (χ0) is 18.2. The Morgan fingerprint density at radius 3 is 2.56 bits per heavy atom. The summed E-state index contributed by atoms with van der Waals surface area (Å²) in [5.74, 6) is -0.341. The molecular formula is C18H18F3N3O. The highest BCUT2D eigenvalue weighted by Crippen LogP contribution is 2.48. The fourth-order valence-corrected chi connectivity index (χ4v) is 3.44. The summed E-state index contributed by atoms with van der Waals surface area (Å²) < 4.78 is 39.3. The first-order valence-corrected chi connectivity index (χ1v) is 7.89. The maximum absolute atomic E-state index is 13.1. The van der Waals surface area contributed by atoms with Crippen LogP contribution in [0.25, 0.3) is 0 Å². The van der Waals surface area contributed by atoms with Crippen LogP contribution in [0.4, 0.5) is 13.2 Å². The third-order valence-corrected chi connectivity index (χ3v) is 4.50. The Balaban J connectivity index is 1.83. The van der Waals surface area contributed by atoms with Crippen molar-refractivity contribution in [3.8, 4) is 0 Å². The van der Waals surface area contributed by atoms with Crippen molar-refractivity contribution in [2.24, 2.45) is 5.41 Å². The maximum Gasteiger partial charge on any atom is 0.416 e. The van der Waals surface area contributed by atoms with Gasteiger partial charge in [-0.1, -0.05) is 19.9 Å². The molecule has 1 atom stereocenters. The summed E-state index contributed by atoms with van der Waals surface area (Å²) >= 11 is 0. The summed E-state index contributed by atoms with van der Waals surface area (Å²) in [4.78, 5) is 22.1. The van der Waals surface area contributed by atoms with E-state index in [9.17, 15) is 18.0 Å². The minimum Gasteiger partial charge on any atom is -0.334 e. The molecule has 3 rings (SSSR count). The quantitative estimate of drug-likeness (QED) is 0.850. The van der Waals surface area contributed by atoms with Crippen molar-refractivity contribution in [2.75, 3.05) is 6.54 Å². The van der Waals surface area contributed by atoms with E-state index in [-0.39, 0.29) is 29.3 Å². The first-order chi connectivity index (χ1) is 11.7. The van der Waals surface area contributed by atoms with Gasteiger partial charge in [0.25, 0.3) is 0 Å². The van der Waals surface area contributed by atoms with Crippen molar-refractivity contribution in [2.45, 2.75) is 32.5 Å². The third-order valence-electron chi connectivity index (χ3n) is 4.50. The lowest BCUT2D eigenvalue weighted by atomic mass is 9.71. The molecule has 2 aromatic heterocycles. The molecule has 1 fully saturated rings. The molecule has 0 bridgehead atoms. The molecule has 0 N–H and O–H groups in total. The lowest BCUT2D eigenvalue weighted by Gasteiger charge is -2.54. The molecule has 1 amide bonds. The molecule has 1 aliphatic rings. The molecular weight excluding hydrogens is 331 g/mol. The highest BCUT2D eigenvalue weighted by molar-refractivity contribution is 5.80. The topological polar surface area (TPSA) is 46.1 Å². The van der Waals surface area contributed by atoms with E-state index < -0.39 is 11.7 Å². The Morgan fingerprint density at radius 2 is 1.96 bits per heavy atom. The van der Waals surface area contributed by atoms with Gasteiger partial charge in [-0.3, -0.25) is 14.8 Å². The van der Waals surface area contributed by atoms with Crippen LogP contribution < -0.4 is 0 Å². The van der Waals surface area contributed by atoms with Gasteiger partial charge in [-0.15, -0.1) is 0 Å². The number of amides is 1. The van der Waals surface area contributed by atoms with Crippen molar-refractivity contribution in [3.63, 3.8) is 0 Å². The van der Waals surface area contributed by atoms with Crippen molar-refractivity contribution in [1.29, 1.82) is 0 Å². The molecule has 1 aliphatic heterocycles. The van der Waals surface area contributed by atoms with Crippen LogP contribution in [-0.4, -0.2) is 27.3 Å². The number of rotatable bonds is 3. The molecule has 0 aromatic carbocycles. The maximum atomic E-state index is 13.1. The summed E-state index contributed by atoms with van der Waals surface area (Å²) in [5, 5.41) is 0. The number of pyridine rings is 2. The number of hydrogen-bond donors (Lipinski definition) is 0. The van der Waals surface area contributed by atoms with Gasteiger partial charge in [-0.2, -0.15) is 13.2 Å². The smallest absolute Gasteiger partial charge is 0.334 e. The number of hydrogen-bond acceptors (Lipinski definition) is 3. The molecule has 1 saturated heterocycles. The predicted octanol–water partition coefficient (Wildman–Crippen LogP) is 3.65. The second kappa shape index (κ2) is 6.13. The van der Waals surface area contributed by atoms with Crippen molar-refractivity contribution in [3.05, 3.63) is 59.7 Å². The summed E-state index contributed by atoms with van der Waals surface area (Å²) in [6, 6.07) is 4.38. The number of nitrogens with zero attached hydrogens (tertiary/aromatic N) is 3. The van der Waals surface area contributed by atoms with Crippen LogP contribution >= 0.6 is 0 Å². The molecule has 0 saturated carbocycles. The van der Waals surface area contributed by atoms with Crippen LogP contribution in [-0.2, 0) is 17.4 Å². The Labute approximate surface area is 143 Å². The van der Waals surface area contributed by atoms with Crippen molar-refractivity contribution in [1.82, 2.24) is 14.9 Å². The Bertz CT molecular complexity index is 775. The van der Waals surface area contributed by atoms with E-state index in [2.05, 4.69) is 9.97 Å². The van der Waals surface area contributed by atoms with E-state index in [0.29, 0.717) is 6.54 Å². The zero-order valence-electron chi connectivity index (χ0n) is 13.9. The molecule has 4 nitrogen and oxygen atoms in total. The van der Waals surface area contributed by atoms with Crippen molar-refractivity contribution < 1.29 is 18.0 Å². The normalized spacial score (nSPS) is 19.4. The van der Waals surface area contributed by atoms with Gasteiger partial charge in [-0.25, -0.2) is 0 Å². The summed E-state index contributed by atoms with van der Waals surface area (Å²) in [7, 11) is 0. The molecule has 0 spiro atoms. The molecule has 0 radical (unpaired) electrons.